The van der Waals surface area contributed by atoms with E-state index in [1.807, 2.05) is 20.8 Å². The highest BCUT2D eigenvalue weighted by Gasteiger charge is 2.17. The Bertz CT molecular complexity index is 190. The standard InChI is InChI=1S/C10H23N3O2/c1-10(2,3)15-9(14)13-8(12)6-4-5-7-11/h8H,4-7,11-12H2,1-3H3,(H,13,14)/t8-/m1/s1. The maximum atomic E-state index is 11.3. The lowest BCUT2D eigenvalue weighted by molar-refractivity contribution is 0.0503. The van der Waals surface area contributed by atoms with Crippen LogP contribution in [0, 0.1) is 0 Å². The zero-order valence-electron chi connectivity index (χ0n) is 9.88. The summed E-state index contributed by atoms with van der Waals surface area (Å²) in [5, 5.41) is 2.57. The summed E-state index contributed by atoms with van der Waals surface area (Å²) in [6, 6.07) is 0. The number of unbranched alkanes of at least 4 members (excludes halogenated alkanes) is 1. The van der Waals surface area contributed by atoms with Crippen LogP contribution in [0.2, 0.25) is 0 Å². The predicted molar refractivity (Wildman–Crippen MR) is 60.3 cm³/mol. The molecular formula is C10H23N3O2. The van der Waals surface area contributed by atoms with Crippen LogP contribution in [0.15, 0.2) is 0 Å². The first-order valence-electron chi connectivity index (χ1n) is 5.30. The number of carbonyl (C=O) groups is 1. The fourth-order valence-electron chi connectivity index (χ4n) is 1.04. The van der Waals surface area contributed by atoms with E-state index in [2.05, 4.69) is 5.32 Å². The van der Waals surface area contributed by atoms with Gasteiger partial charge in [0.15, 0.2) is 0 Å². The van der Waals surface area contributed by atoms with Crippen LogP contribution in [0.25, 0.3) is 0 Å². The fourth-order valence-corrected chi connectivity index (χ4v) is 1.04. The predicted octanol–water partition coefficient (Wildman–Crippen LogP) is 0.925. The topological polar surface area (TPSA) is 90.4 Å². The number of nitrogens with two attached hydrogens (primary N) is 2. The Morgan fingerprint density at radius 3 is 2.47 bits per heavy atom. The number of hydrogen-bond donors (Lipinski definition) is 3. The number of amides is 1. The lowest BCUT2D eigenvalue weighted by Crippen LogP contribution is -2.44. The lowest BCUT2D eigenvalue weighted by atomic mass is 10.2. The Hall–Kier alpha value is -0.810. The summed E-state index contributed by atoms with van der Waals surface area (Å²) in [6.07, 6.45) is 1.72. The molecular weight excluding hydrogens is 194 g/mol. The van der Waals surface area contributed by atoms with Crippen LogP contribution in [-0.4, -0.2) is 24.4 Å². The van der Waals surface area contributed by atoms with Gasteiger partial charge in [0.25, 0.3) is 0 Å². The number of carbonyl (C=O) groups excluding carboxylic acids is 1. The van der Waals surface area contributed by atoms with Crippen LogP contribution in [0.5, 0.6) is 0 Å². The monoisotopic (exact) mass is 217 g/mol. The van der Waals surface area contributed by atoms with Crippen LogP contribution in [0.4, 0.5) is 4.79 Å². The molecule has 0 aromatic rings. The molecule has 0 bridgehead atoms. The van der Waals surface area contributed by atoms with E-state index in [0.717, 1.165) is 19.3 Å². The van der Waals surface area contributed by atoms with Crippen molar-refractivity contribution in [1.82, 2.24) is 5.32 Å². The molecule has 5 N–H and O–H groups in total. The minimum Gasteiger partial charge on any atom is -0.444 e. The zero-order valence-corrected chi connectivity index (χ0v) is 9.88. The molecule has 5 heteroatoms. The van der Waals surface area contributed by atoms with Gasteiger partial charge in [-0.05, 0) is 46.6 Å². The molecule has 0 aromatic heterocycles. The van der Waals surface area contributed by atoms with Crippen molar-refractivity contribution in [2.24, 2.45) is 11.5 Å². The Balaban J connectivity index is 3.67. The molecule has 1 atom stereocenters. The molecule has 0 aromatic carbocycles. The average Bonchev–Trinajstić information content (AvgIpc) is 2.00. The third-order valence-corrected chi connectivity index (χ3v) is 1.67. The van der Waals surface area contributed by atoms with Gasteiger partial charge in [0, 0.05) is 0 Å². The van der Waals surface area contributed by atoms with Crippen LogP contribution >= 0.6 is 0 Å². The Morgan fingerprint density at radius 1 is 1.40 bits per heavy atom. The van der Waals surface area contributed by atoms with E-state index in [0.29, 0.717) is 6.54 Å². The van der Waals surface area contributed by atoms with Crippen molar-refractivity contribution >= 4 is 6.09 Å². The highest BCUT2D eigenvalue weighted by Crippen LogP contribution is 2.06. The second kappa shape index (κ2) is 6.63. The molecule has 0 unspecified atom stereocenters. The summed E-state index contributed by atoms with van der Waals surface area (Å²) < 4.78 is 5.06. The molecule has 0 radical (unpaired) electrons. The molecule has 0 saturated carbocycles. The van der Waals surface area contributed by atoms with Crippen molar-refractivity contribution in [3.63, 3.8) is 0 Å². The van der Waals surface area contributed by atoms with Crippen LogP contribution in [-0.2, 0) is 4.74 Å². The molecule has 0 spiro atoms. The summed E-state index contributed by atoms with van der Waals surface area (Å²) >= 11 is 0. The largest absolute Gasteiger partial charge is 0.444 e. The van der Waals surface area contributed by atoms with Gasteiger partial charge in [-0.3, -0.25) is 0 Å². The lowest BCUT2D eigenvalue weighted by Gasteiger charge is -2.21. The molecule has 0 aliphatic carbocycles. The van der Waals surface area contributed by atoms with Crippen molar-refractivity contribution in [1.29, 1.82) is 0 Å². The molecule has 0 aliphatic rings. The van der Waals surface area contributed by atoms with Gasteiger partial charge in [-0.25, -0.2) is 4.79 Å². The highest BCUT2D eigenvalue weighted by atomic mass is 16.6. The fraction of sp³-hybridized carbons (Fsp3) is 0.900. The van der Waals surface area contributed by atoms with Crippen molar-refractivity contribution < 1.29 is 9.53 Å². The van der Waals surface area contributed by atoms with E-state index in [1.54, 1.807) is 0 Å². The van der Waals surface area contributed by atoms with E-state index in [4.69, 9.17) is 16.2 Å². The smallest absolute Gasteiger partial charge is 0.408 e. The number of alkyl carbamates (subject to hydrolysis) is 1. The number of hydrogen-bond acceptors (Lipinski definition) is 4. The van der Waals surface area contributed by atoms with Crippen molar-refractivity contribution in [3.8, 4) is 0 Å². The molecule has 0 rings (SSSR count). The summed E-state index contributed by atoms with van der Waals surface area (Å²) in [5.41, 5.74) is 10.5. The van der Waals surface area contributed by atoms with E-state index < -0.39 is 11.7 Å². The maximum absolute atomic E-state index is 11.3. The Labute approximate surface area is 91.5 Å². The SMILES string of the molecule is CC(C)(C)OC(=O)N[C@@H](N)CCCCN. The van der Waals surface area contributed by atoms with Crippen molar-refractivity contribution in [2.75, 3.05) is 6.54 Å². The second-order valence-electron chi connectivity index (χ2n) is 4.54. The highest BCUT2D eigenvalue weighted by molar-refractivity contribution is 5.67. The van der Waals surface area contributed by atoms with Gasteiger partial charge >= 0.3 is 6.09 Å². The minimum absolute atomic E-state index is 0.355. The van der Waals surface area contributed by atoms with Gasteiger partial charge in [0.05, 0.1) is 6.17 Å². The van der Waals surface area contributed by atoms with E-state index in [1.165, 1.54) is 0 Å². The van der Waals surface area contributed by atoms with Crippen LogP contribution in [0.1, 0.15) is 40.0 Å². The van der Waals surface area contributed by atoms with Crippen LogP contribution < -0.4 is 16.8 Å². The molecule has 0 aliphatic heterocycles. The summed E-state index contributed by atoms with van der Waals surface area (Å²) in [4.78, 5) is 11.3. The summed E-state index contributed by atoms with van der Waals surface area (Å²) in [7, 11) is 0. The molecule has 90 valence electrons. The number of rotatable bonds is 5. The normalized spacial score (nSPS) is 13.4. The molecule has 0 saturated heterocycles. The number of nitrogens with one attached hydrogen (secondary N) is 1. The quantitative estimate of drug-likeness (QED) is 0.472. The third-order valence-electron chi connectivity index (χ3n) is 1.67. The van der Waals surface area contributed by atoms with E-state index in [-0.39, 0.29) is 6.17 Å². The Kier molecular flexibility index (Phi) is 6.27. The van der Waals surface area contributed by atoms with Crippen molar-refractivity contribution in [2.45, 2.75) is 51.8 Å². The van der Waals surface area contributed by atoms with Crippen LogP contribution in [0.3, 0.4) is 0 Å². The molecule has 15 heavy (non-hydrogen) atoms. The van der Waals surface area contributed by atoms with Gasteiger partial charge in [-0.2, -0.15) is 0 Å². The first kappa shape index (κ1) is 14.2. The van der Waals surface area contributed by atoms with Gasteiger partial charge in [0.2, 0.25) is 0 Å². The summed E-state index contributed by atoms with van der Waals surface area (Å²) in [6.45, 7) is 6.09. The van der Waals surface area contributed by atoms with E-state index in [9.17, 15) is 4.79 Å². The van der Waals surface area contributed by atoms with Gasteiger partial charge in [-0.1, -0.05) is 0 Å². The van der Waals surface area contributed by atoms with Gasteiger partial charge < -0.3 is 21.5 Å². The van der Waals surface area contributed by atoms with Gasteiger partial charge in [-0.15, -0.1) is 0 Å². The van der Waals surface area contributed by atoms with Gasteiger partial charge in [0.1, 0.15) is 5.60 Å². The Morgan fingerprint density at radius 2 is 2.00 bits per heavy atom. The average molecular weight is 217 g/mol. The number of ether oxygens (including phenoxy) is 1. The third kappa shape index (κ3) is 9.49. The molecule has 0 fully saturated rings. The summed E-state index contributed by atoms with van der Waals surface area (Å²) in [5.74, 6) is 0. The first-order valence-corrected chi connectivity index (χ1v) is 5.30. The molecule has 0 heterocycles. The maximum Gasteiger partial charge on any atom is 0.408 e. The second-order valence-corrected chi connectivity index (χ2v) is 4.54. The molecule has 1 amide bonds. The zero-order chi connectivity index (χ0) is 11.9. The first-order chi connectivity index (χ1) is 6.85. The minimum atomic E-state index is -0.485. The molecule has 5 nitrogen and oxygen atoms in total. The van der Waals surface area contributed by atoms with E-state index >= 15 is 0 Å². The van der Waals surface area contributed by atoms with Crippen molar-refractivity contribution in [3.05, 3.63) is 0 Å².